The van der Waals surface area contributed by atoms with Gasteiger partial charge in [0.25, 0.3) is 5.91 Å². The van der Waals surface area contributed by atoms with E-state index < -0.39 is 18.0 Å². The van der Waals surface area contributed by atoms with Gasteiger partial charge in [0.15, 0.2) is 6.10 Å². The van der Waals surface area contributed by atoms with E-state index in [1.54, 1.807) is 30.3 Å². The van der Waals surface area contributed by atoms with Crippen molar-refractivity contribution in [3.8, 4) is 0 Å². The average Bonchev–Trinajstić information content (AvgIpc) is 2.26. The van der Waals surface area contributed by atoms with E-state index in [0.29, 0.717) is 5.02 Å². The maximum atomic E-state index is 11.3. The molecule has 0 spiro atoms. The van der Waals surface area contributed by atoms with E-state index in [2.05, 4.69) is 0 Å². The van der Waals surface area contributed by atoms with Crippen molar-refractivity contribution in [3.05, 3.63) is 40.9 Å². The van der Waals surface area contributed by atoms with Crippen LogP contribution >= 0.6 is 11.6 Å². The second-order valence-electron chi connectivity index (χ2n) is 3.37. The van der Waals surface area contributed by atoms with Crippen LogP contribution in [0.3, 0.4) is 0 Å². The summed E-state index contributed by atoms with van der Waals surface area (Å²) in [5, 5.41) is 0.575. The average molecular weight is 254 g/mol. The molecule has 0 saturated carbocycles. The quantitative estimate of drug-likeness (QED) is 0.657. The molecule has 1 amide bonds. The highest BCUT2D eigenvalue weighted by Gasteiger charge is 2.11. The second kappa shape index (κ2) is 6.06. The molecule has 0 aliphatic carbocycles. The number of rotatable bonds is 4. The number of hydrogen-bond acceptors (Lipinski definition) is 3. The van der Waals surface area contributed by atoms with Crippen molar-refractivity contribution in [1.29, 1.82) is 0 Å². The molecule has 0 aliphatic rings. The number of halogens is 1. The minimum atomic E-state index is -0.938. The molecule has 1 rings (SSSR count). The maximum absolute atomic E-state index is 11.3. The molecule has 0 heterocycles. The van der Waals surface area contributed by atoms with Crippen molar-refractivity contribution in [2.45, 2.75) is 13.0 Å². The van der Waals surface area contributed by atoms with Gasteiger partial charge in [0, 0.05) is 11.1 Å². The monoisotopic (exact) mass is 253 g/mol. The van der Waals surface area contributed by atoms with Crippen molar-refractivity contribution in [2.75, 3.05) is 0 Å². The summed E-state index contributed by atoms with van der Waals surface area (Å²) in [4.78, 5) is 21.9. The van der Waals surface area contributed by atoms with Crippen LogP contribution in [0.5, 0.6) is 0 Å². The Kier molecular flexibility index (Phi) is 4.72. The minimum absolute atomic E-state index is 0.575. The molecule has 0 radical (unpaired) electrons. The van der Waals surface area contributed by atoms with Crippen molar-refractivity contribution in [3.63, 3.8) is 0 Å². The zero-order valence-corrected chi connectivity index (χ0v) is 9.98. The van der Waals surface area contributed by atoms with Crippen LogP contribution in [-0.2, 0) is 14.3 Å². The zero-order chi connectivity index (χ0) is 12.8. The standard InChI is InChI=1S/C12H12ClNO3/c1-8(12(14)16)17-11(15)6-5-9-3-2-4-10(13)7-9/h2-8H,1H3,(H2,14,16)/b6-5+/t8-/m1/s1. The molecule has 0 saturated heterocycles. The van der Waals surface area contributed by atoms with E-state index in [1.807, 2.05) is 0 Å². The lowest BCUT2D eigenvalue weighted by molar-refractivity contribution is -0.148. The molecule has 0 bridgehead atoms. The van der Waals surface area contributed by atoms with Gasteiger partial charge in [-0.3, -0.25) is 4.79 Å². The van der Waals surface area contributed by atoms with Gasteiger partial charge in [-0.1, -0.05) is 23.7 Å². The largest absolute Gasteiger partial charge is 0.449 e. The Morgan fingerprint density at radius 1 is 1.47 bits per heavy atom. The fourth-order valence-corrected chi connectivity index (χ4v) is 1.24. The molecule has 17 heavy (non-hydrogen) atoms. The van der Waals surface area contributed by atoms with Crippen LogP contribution in [0, 0.1) is 0 Å². The third-order valence-electron chi connectivity index (χ3n) is 1.95. The van der Waals surface area contributed by atoms with E-state index in [0.717, 1.165) is 5.56 Å². The zero-order valence-electron chi connectivity index (χ0n) is 9.22. The maximum Gasteiger partial charge on any atom is 0.331 e. The van der Waals surface area contributed by atoms with Gasteiger partial charge in [-0.2, -0.15) is 0 Å². The van der Waals surface area contributed by atoms with Gasteiger partial charge in [-0.25, -0.2) is 4.79 Å². The van der Waals surface area contributed by atoms with E-state index in [1.165, 1.54) is 13.0 Å². The number of ether oxygens (including phenoxy) is 1. The lowest BCUT2D eigenvalue weighted by Crippen LogP contribution is -2.29. The van der Waals surface area contributed by atoms with Crippen LogP contribution in [0.1, 0.15) is 12.5 Å². The highest BCUT2D eigenvalue weighted by atomic mass is 35.5. The van der Waals surface area contributed by atoms with Crippen LogP contribution in [0.2, 0.25) is 5.02 Å². The van der Waals surface area contributed by atoms with Gasteiger partial charge >= 0.3 is 5.97 Å². The van der Waals surface area contributed by atoms with Gasteiger partial charge in [-0.15, -0.1) is 0 Å². The molecule has 1 atom stereocenters. The van der Waals surface area contributed by atoms with Gasteiger partial charge in [0.2, 0.25) is 0 Å². The summed E-state index contributed by atoms with van der Waals surface area (Å²) in [5.41, 5.74) is 5.72. The Morgan fingerprint density at radius 3 is 2.76 bits per heavy atom. The highest BCUT2D eigenvalue weighted by Crippen LogP contribution is 2.11. The number of esters is 1. The van der Waals surface area contributed by atoms with Crippen molar-refractivity contribution >= 4 is 29.6 Å². The van der Waals surface area contributed by atoms with E-state index >= 15 is 0 Å². The summed E-state index contributed by atoms with van der Waals surface area (Å²) < 4.78 is 4.73. The molecular weight excluding hydrogens is 242 g/mol. The Balaban J connectivity index is 2.59. The SMILES string of the molecule is C[C@@H](OC(=O)/C=C/c1cccc(Cl)c1)C(N)=O. The Bertz CT molecular complexity index is 457. The minimum Gasteiger partial charge on any atom is -0.449 e. The number of carbonyl (C=O) groups is 2. The Morgan fingerprint density at radius 2 is 2.18 bits per heavy atom. The van der Waals surface area contributed by atoms with Crippen LogP contribution < -0.4 is 5.73 Å². The first kappa shape index (κ1) is 13.3. The van der Waals surface area contributed by atoms with E-state index in [4.69, 9.17) is 22.1 Å². The Labute approximate surface area is 104 Å². The molecule has 4 nitrogen and oxygen atoms in total. The van der Waals surface area contributed by atoms with Gasteiger partial charge in [-0.05, 0) is 30.7 Å². The first-order valence-corrected chi connectivity index (χ1v) is 5.30. The summed E-state index contributed by atoms with van der Waals surface area (Å²) in [5.74, 6) is -1.31. The van der Waals surface area contributed by atoms with Crippen LogP contribution in [0.15, 0.2) is 30.3 Å². The topological polar surface area (TPSA) is 69.4 Å². The summed E-state index contributed by atoms with van der Waals surface area (Å²) in [6.45, 7) is 1.41. The number of hydrogen-bond donors (Lipinski definition) is 1. The lowest BCUT2D eigenvalue weighted by atomic mass is 10.2. The molecule has 2 N–H and O–H groups in total. The van der Waals surface area contributed by atoms with Crippen molar-refractivity contribution in [2.24, 2.45) is 5.73 Å². The van der Waals surface area contributed by atoms with E-state index in [9.17, 15) is 9.59 Å². The normalized spacial score (nSPS) is 12.4. The first-order chi connectivity index (χ1) is 7.99. The van der Waals surface area contributed by atoms with Crippen molar-refractivity contribution < 1.29 is 14.3 Å². The van der Waals surface area contributed by atoms with E-state index in [-0.39, 0.29) is 0 Å². The fraction of sp³-hybridized carbons (Fsp3) is 0.167. The molecule has 1 aromatic carbocycles. The number of carbonyl (C=O) groups excluding carboxylic acids is 2. The molecule has 0 fully saturated rings. The number of nitrogens with two attached hydrogens (primary N) is 1. The predicted octanol–water partition coefficient (Wildman–Crippen LogP) is 1.77. The van der Waals surface area contributed by atoms with Gasteiger partial charge < -0.3 is 10.5 Å². The highest BCUT2D eigenvalue weighted by molar-refractivity contribution is 6.30. The number of amides is 1. The summed E-state index contributed by atoms with van der Waals surface area (Å²) in [6, 6.07) is 6.97. The first-order valence-electron chi connectivity index (χ1n) is 4.92. The van der Waals surface area contributed by atoms with Crippen LogP contribution in [-0.4, -0.2) is 18.0 Å². The summed E-state index contributed by atoms with van der Waals surface area (Å²) in [7, 11) is 0. The third-order valence-corrected chi connectivity index (χ3v) is 2.19. The summed E-state index contributed by atoms with van der Waals surface area (Å²) >= 11 is 5.77. The molecule has 5 heteroatoms. The molecule has 1 aromatic rings. The lowest BCUT2D eigenvalue weighted by Gasteiger charge is -2.06. The van der Waals surface area contributed by atoms with Gasteiger partial charge in [0.1, 0.15) is 0 Å². The van der Waals surface area contributed by atoms with Crippen LogP contribution in [0.25, 0.3) is 6.08 Å². The molecule has 0 aliphatic heterocycles. The Hall–Kier alpha value is -1.81. The number of benzene rings is 1. The van der Waals surface area contributed by atoms with Crippen LogP contribution in [0.4, 0.5) is 0 Å². The summed E-state index contributed by atoms with van der Waals surface area (Å²) in [6.07, 6.45) is 1.82. The molecular formula is C12H12ClNO3. The smallest absolute Gasteiger partial charge is 0.331 e. The van der Waals surface area contributed by atoms with Crippen molar-refractivity contribution in [1.82, 2.24) is 0 Å². The fourth-order valence-electron chi connectivity index (χ4n) is 1.05. The molecule has 0 unspecified atom stereocenters. The molecule has 90 valence electrons. The third kappa shape index (κ3) is 4.70. The number of primary amides is 1. The molecule has 0 aromatic heterocycles. The predicted molar refractivity (Wildman–Crippen MR) is 65.2 cm³/mol. The van der Waals surface area contributed by atoms with Gasteiger partial charge in [0.05, 0.1) is 0 Å². The second-order valence-corrected chi connectivity index (χ2v) is 3.81.